The maximum atomic E-state index is 13.2. The molecule has 0 bridgehead atoms. The van der Waals surface area contributed by atoms with Crippen LogP contribution < -0.4 is 10.6 Å². The number of anilines is 1. The fourth-order valence-corrected chi connectivity index (χ4v) is 2.79. The first-order valence-corrected chi connectivity index (χ1v) is 8.67. The molecule has 28 heavy (non-hydrogen) atoms. The number of hydrogen-bond acceptors (Lipinski definition) is 6. The van der Waals surface area contributed by atoms with Gasteiger partial charge in [0, 0.05) is 12.1 Å². The van der Waals surface area contributed by atoms with Crippen LogP contribution in [-0.4, -0.2) is 32.2 Å². The molecule has 0 unspecified atom stereocenters. The molecule has 4 aromatic rings. The lowest BCUT2D eigenvalue weighted by atomic mass is 10.2. The van der Waals surface area contributed by atoms with Crippen molar-refractivity contribution in [3.8, 4) is 0 Å². The van der Waals surface area contributed by atoms with E-state index in [0.29, 0.717) is 31.1 Å². The van der Waals surface area contributed by atoms with E-state index < -0.39 is 5.82 Å². The predicted octanol–water partition coefficient (Wildman–Crippen LogP) is 2.60. The third kappa shape index (κ3) is 3.83. The van der Waals surface area contributed by atoms with Crippen LogP contribution >= 0.6 is 0 Å². The summed E-state index contributed by atoms with van der Waals surface area (Å²) in [5.74, 6) is 0.652. The molecule has 0 aliphatic heterocycles. The van der Waals surface area contributed by atoms with Gasteiger partial charge in [-0.15, -0.1) is 0 Å². The monoisotopic (exact) mass is 380 g/mol. The highest BCUT2D eigenvalue weighted by molar-refractivity contribution is 5.94. The molecule has 0 spiro atoms. The Labute approximate surface area is 159 Å². The molecule has 0 saturated heterocycles. The quantitative estimate of drug-likeness (QED) is 0.511. The molecule has 3 heterocycles. The van der Waals surface area contributed by atoms with Crippen LogP contribution in [0.25, 0.3) is 11.0 Å². The number of benzene rings is 1. The van der Waals surface area contributed by atoms with E-state index in [-0.39, 0.29) is 11.5 Å². The molecule has 1 aromatic carbocycles. The summed E-state index contributed by atoms with van der Waals surface area (Å²) in [4.78, 5) is 20.6. The van der Waals surface area contributed by atoms with E-state index in [2.05, 4.69) is 25.7 Å². The molecule has 4 rings (SSSR count). The van der Waals surface area contributed by atoms with Gasteiger partial charge in [-0.1, -0.05) is 6.07 Å². The summed E-state index contributed by atoms with van der Waals surface area (Å²) in [6.07, 6.45) is 4.74. The maximum Gasteiger partial charge on any atom is 0.251 e. The van der Waals surface area contributed by atoms with Gasteiger partial charge in [-0.3, -0.25) is 4.79 Å². The molecule has 0 aliphatic rings. The standard InChI is InChI=1S/C19H17FN6O2/c20-14-4-1-3-13(9-14)19(27)21-6-7-26-18-16(11-25-26)17(23-12-24-18)22-10-15-5-2-8-28-15/h1-5,8-9,11-12H,6-7,10H2,(H,21,27)(H,22,23,24). The average molecular weight is 380 g/mol. The number of hydrogen-bond donors (Lipinski definition) is 2. The number of furan rings is 1. The summed E-state index contributed by atoms with van der Waals surface area (Å²) >= 11 is 0. The number of carbonyl (C=O) groups is 1. The van der Waals surface area contributed by atoms with Gasteiger partial charge in [-0.05, 0) is 30.3 Å². The maximum absolute atomic E-state index is 13.2. The Balaban J connectivity index is 1.40. The van der Waals surface area contributed by atoms with Gasteiger partial charge in [0.2, 0.25) is 0 Å². The van der Waals surface area contributed by atoms with Gasteiger partial charge in [-0.2, -0.15) is 5.10 Å². The minimum Gasteiger partial charge on any atom is -0.467 e. The van der Waals surface area contributed by atoms with E-state index in [1.54, 1.807) is 23.2 Å². The number of carbonyl (C=O) groups excluding carboxylic acids is 1. The van der Waals surface area contributed by atoms with Crippen molar-refractivity contribution in [2.24, 2.45) is 0 Å². The summed E-state index contributed by atoms with van der Waals surface area (Å²) in [5.41, 5.74) is 0.925. The molecule has 142 valence electrons. The number of nitrogens with zero attached hydrogens (tertiary/aromatic N) is 4. The Bertz CT molecular complexity index is 1090. The second-order valence-electron chi connectivity index (χ2n) is 6.03. The number of aromatic nitrogens is 4. The summed E-state index contributed by atoms with van der Waals surface area (Å²) < 4.78 is 20.2. The molecule has 2 N–H and O–H groups in total. The van der Waals surface area contributed by atoms with Gasteiger partial charge in [0.05, 0.1) is 30.9 Å². The van der Waals surface area contributed by atoms with Crippen molar-refractivity contribution in [3.05, 3.63) is 72.3 Å². The molecule has 3 aromatic heterocycles. The summed E-state index contributed by atoms with van der Waals surface area (Å²) in [5, 5.41) is 11.0. The molecule has 0 aliphatic carbocycles. The minimum atomic E-state index is -0.447. The van der Waals surface area contributed by atoms with E-state index in [1.807, 2.05) is 12.1 Å². The van der Waals surface area contributed by atoms with Crippen molar-refractivity contribution in [2.75, 3.05) is 11.9 Å². The number of rotatable bonds is 7. The third-order valence-corrected chi connectivity index (χ3v) is 4.14. The molecule has 0 fully saturated rings. The highest BCUT2D eigenvalue weighted by atomic mass is 19.1. The smallest absolute Gasteiger partial charge is 0.251 e. The Kier molecular flexibility index (Phi) is 4.96. The van der Waals surface area contributed by atoms with E-state index in [9.17, 15) is 9.18 Å². The van der Waals surface area contributed by atoms with Gasteiger partial charge in [0.25, 0.3) is 5.91 Å². The van der Waals surface area contributed by atoms with Crippen LogP contribution in [0.15, 0.2) is 59.6 Å². The first-order chi connectivity index (χ1) is 13.7. The Morgan fingerprint density at radius 1 is 1.21 bits per heavy atom. The lowest BCUT2D eigenvalue weighted by Crippen LogP contribution is -2.27. The molecule has 0 saturated carbocycles. The lowest BCUT2D eigenvalue weighted by Gasteiger charge is -2.07. The van der Waals surface area contributed by atoms with Crippen molar-refractivity contribution >= 4 is 22.8 Å². The Morgan fingerprint density at radius 2 is 2.14 bits per heavy atom. The second-order valence-corrected chi connectivity index (χ2v) is 6.03. The zero-order chi connectivity index (χ0) is 19.3. The van der Waals surface area contributed by atoms with Gasteiger partial charge < -0.3 is 15.1 Å². The molecular weight excluding hydrogens is 363 g/mol. The van der Waals surface area contributed by atoms with Crippen LogP contribution in [0.3, 0.4) is 0 Å². The Hall–Kier alpha value is -3.75. The summed E-state index contributed by atoms with van der Waals surface area (Å²) in [6.45, 7) is 1.23. The van der Waals surface area contributed by atoms with Crippen molar-refractivity contribution < 1.29 is 13.6 Å². The predicted molar refractivity (Wildman–Crippen MR) is 100 cm³/mol. The summed E-state index contributed by atoms with van der Waals surface area (Å²) in [7, 11) is 0. The summed E-state index contributed by atoms with van der Waals surface area (Å²) in [6, 6.07) is 9.25. The van der Waals surface area contributed by atoms with Gasteiger partial charge in [0.15, 0.2) is 5.65 Å². The molecule has 9 heteroatoms. The first-order valence-electron chi connectivity index (χ1n) is 8.67. The fraction of sp³-hybridized carbons (Fsp3) is 0.158. The zero-order valence-corrected chi connectivity index (χ0v) is 14.8. The van der Waals surface area contributed by atoms with Crippen molar-refractivity contribution in [1.29, 1.82) is 0 Å². The van der Waals surface area contributed by atoms with E-state index >= 15 is 0 Å². The van der Waals surface area contributed by atoms with Gasteiger partial charge in [0.1, 0.15) is 23.7 Å². The van der Waals surface area contributed by atoms with E-state index in [4.69, 9.17) is 4.42 Å². The molecule has 0 atom stereocenters. The molecule has 1 amide bonds. The van der Waals surface area contributed by atoms with Crippen molar-refractivity contribution in [1.82, 2.24) is 25.1 Å². The van der Waals surface area contributed by atoms with Gasteiger partial charge in [-0.25, -0.2) is 19.0 Å². The molecule has 0 radical (unpaired) electrons. The Morgan fingerprint density at radius 3 is 2.96 bits per heavy atom. The SMILES string of the molecule is O=C(NCCn1ncc2c(NCc3ccco3)ncnc21)c1cccc(F)c1. The van der Waals surface area contributed by atoms with Crippen molar-refractivity contribution in [3.63, 3.8) is 0 Å². The number of amides is 1. The largest absolute Gasteiger partial charge is 0.467 e. The van der Waals surface area contributed by atoms with E-state index in [1.165, 1.54) is 24.5 Å². The van der Waals surface area contributed by atoms with E-state index in [0.717, 1.165) is 11.1 Å². The molecular formula is C19H17FN6O2. The molecule has 8 nitrogen and oxygen atoms in total. The first kappa shape index (κ1) is 17.7. The normalized spacial score (nSPS) is 10.9. The third-order valence-electron chi connectivity index (χ3n) is 4.14. The van der Waals surface area contributed by atoms with Crippen LogP contribution in [0.4, 0.5) is 10.2 Å². The fourth-order valence-electron chi connectivity index (χ4n) is 2.79. The zero-order valence-electron chi connectivity index (χ0n) is 14.8. The van der Waals surface area contributed by atoms with Crippen molar-refractivity contribution in [2.45, 2.75) is 13.1 Å². The topological polar surface area (TPSA) is 97.9 Å². The number of halogens is 1. The number of nitrogens with one attached hydrogen (secondary N) is 2. The highest BCUT2D eigenvalue weighted by Crippen LogP contribution is 2.19. The van der Waals surface area contributed by atoms with Crippen LogP contribution in [0.2, 0.25) is 0 Å². The van der Waals surface area contributed by atoms with Crippen LogP contribution in [0, 0.1) is 5.82 Å². The van der Waals surface area contributed by atoms with Crippen LogP contribution in [-0.2, 0) is 13.1 Å². The lowest BCUT2D eigenvalue weighted by molar-refractivity contribution is 0.0951. The van der Waals surface area contributed by atoms with Crippen LogP contribution in [0.5, 0.6) is 0 Å². The average Bonchev–Trinajstić information content (AvgIpc) is 3.36. The second kappa shape index (κ2) is 7.87. The highest BCUT2D eigenvalue weighted by Gasteiger charge is 2.11. The number of fused-ring (bicyclic) bond motifs is 1. The minimum absolute atomic E-state index is 0.275. The van der Waals surface area contributed by atoms with Gasteiger partial charge >= 0.3 is 0 Å². The van der Waals surface area contributed by atoms with Crippen LogP contribution in [0.1, 0.15) is 16.1 Å².